The maximum Gasteiger partial charge on any atom is 0.351 e. The molecule has 22 heavy (non-hydrogen) atoms. The van der Waals surface area contributed by atoms with Crippen molar-refractivity contribution in [1.82, 2.24) is 14.5 Å². The summed E-state index contributed by atoms with van der Waals surface area (Å²) in [6.45, 7) is 0. The molecule has 0 aromatic carbocycles. The normalized spacial score (nSPS) is 25.9. The molecule has 0 bridgehead atoms. The van der Waals surface area contributed by atoms with E-state index in [0.717, 1.165) is 0 Å². The molecule has 0 aliphatic carbocycles. The molecule has 10 nitrogen and oxygen atoms in total. The number of rotatable bonds is 4. The van der Waals surface area contributed by atoms with E-state index in [0.29, 0.717) is 16.9 Å². The van der Waals surface area contributed by atoms with Gasteiger partial charge in [-0.2, -0.15) is 0 Å². The lowest BCUT2D eigenvalue weighted by atomic mass is 10.2. The van der Waals surface area contributed by atoms with E-state index in [1.54, 1.807) is 16.8 Å². The topological polar surface area (TPSA) is 153 Å². The molecule has 0 saturated carbocycles. The van der Waals surface area contributed by atoms with E-state index in [-0.39, 0.29) is 6.42 Å². The van der Waals surface area contributed by atoms with E-state index in [2.05, 4.69) is 9.97 Å². The molecule has 0 unspecified atom stereocenters. The molecule has 11 heteroatoms. The Hall–Kier alpha value is -1.55. The summed E-state index contributed by atoms with van der Waals surface area (Å²) in [5.41, 5.74) is 6.24. The zero-order chi connectivity index (χ0) is 15.9. The number of nitrogens with two attached hydrogens (primary N) is 1. The van der Waals surface area contributed by atoms with Crippen LogP contribution in [-0.4, -0.2) is 48.2 Å². The van der Waals surface area contributed by atoms with Crippen molar-refractivity contribution in [2.24, 2.45) is 0 Å². The first-order valence-electron chi connectivity index (χ1n) is 6.42. The third-order valence-electron chi connectivity index (χ3n) is 3.30. The first kappa shape index (κ1) is 15.3. The number of hydrogen-bond donors (Lipinski definition) is 4. The third-order valence-corrected chi connectivity index (χ3v) is 3.78. The minimum Gasteiger partial charge on any atom is -0.388 e. The molecule has 1 saturated heterocycles. The number of aliphatic hydroxyl groups is 1. The van der Waals surface area contributed by atoms with Crippen LogP contribution in [0.5, 0.6) is 0 Å². The van der Waals surface area contributed by atoms with Crippen molar-refractivity contribution in [3.63, 3.8) is 0 Å². The second kappa shape index (κ2) is 5.58. The lowest BCUT2D eigenvalue weighted by Crippen LogP contribution is -2.19. The Bertz CT molecular complexity index is 730. The number of nitrogen functional groups attached to an aromatic ring is 1. The Kier molecular flexibility index (Phi) is 3.89. The highest BCUT2D eigenvalue weighted by Gasteiger charge is 2.37. The quantitative estimate of drug-likeness (QED) is 0.557. The number of aliphatic hydroxyl groups excluding tert-OH is 1. The van der Waals surface area contributed by atoms with Crippen LogP contribution in [0.25, 0.3) is 11.0 Å². The molecule has 0 radical (unpaired) electrons. The average molecular weight is 330 g/mol. The second-order valence-corrected chi connectivity index (χ2v) is 6.53. The number of fused-ring (bicyclic) bond motifs is 1. The number of aromatic nitrogens is 3. The van der Waals surface area contributed by atoms with Gasteiger partial charge in [-0.15, -0.1) is 0 Å². The summed E-state index contributed by atoms with van der Waals surface area (Å²) in [4.78, 5) is 25.6. The highest BCUT2D eigenvalue weighted by molar-refractivity contribution is 7.51. The van der Waals surface area contributed by atoms with E-state index >= 15 is 0 Å². The minimum absolute atomic E-state index is 0.0882. The summed E-state index contributed by atoms with van der Waals surface area (Å²) in [6.07, 6.45) is -0.332. The van der Waals surface area contributed by atoms with Crippen LogP contribution < -0.4 is 5.73 Å². The van der Waals surface area contributed by atoms with Crippen LogP contribution in [0.15, 0.2) is 18.6 Å². The molecule has 0 amide bonds. The molecule has 1 aliphatic rings. The van der Waals surface area contributed by atoms with Crippen molar-refractivity contribution in [3.8, 4) is 0 Å². The van der Waals surface area contributed by atoms with Crippen LogP contribution in [0.3, 0.4) is 0 Å². The lowest BCUT2D eigenvalue weighted by molar-refractivity contribution is -0.145. The fourth-order valence-electron chi connectivity index (χ4n) is 2.35. The molecule has 2 aromatic rings. The van der Waals surface area contributed by atoms with Crippen LogP contribution >= 0.6 is 7.60 Å². The molecule has 5 N–H and O–H groups in total. The monoisotopic (exact) mass is 330 g/mol. The standard InChI is InChI=1S/C11H15N4O6P/c12-9-6-1-2-15(10(6)14-4-13-9)11-7(16)3-8(21-11)20-5-22(17,18)19/h1-2,4,7-8,11,16H,3,5H2,(H2,12,13,14)(H2,17,18,19)/t7-,8-,11+/m0/s1. The fourth-order valence-corrected chi connectivity index (χ4v) is 2.71. The van der Waals surface area contributed by atoms with Gasteiger partial charge in [-0.25, -0.2) is 9.97 Å². The second-order valence-electron chi connectivity index (χ2n) is 4.94. The predicted octanol–water partition coefficient (Wildman–Crippen LogP) is -0.229. The Labute approximate surface area is 124 Å². The summed E-state index contributed by atoms with van der Waals surface area (Å²) in [5.74, 6) is 0.311. The van der Waals surface area contributed by atoms with Gasteiger partial charge in [-0.1, -0.05) is 0 Å². The summed E-state index contributed by atoms with van der Waals surface area (Å²) < 4.78 is 22.9. The minimum atomic E-state index is -4.29. The largest absolute Gasteiger partial charge is 0.388 e. The fraction of sp³-hybridized carbons (Fsp3) is 0.455. The van der Waals surface area contributed by atoms with Crippen LogP contribution in [0.1, 0.15) is 12.6 Å². The maximum absolute atomic E-state index is 10.8. The SMILES string of the molecule is Nc1ncnc2c1ccn2[C@@H]1O[C@H](OCP(=O)(O)O)C[C@@H]1O. The van der Waals surface area contributed by atoms with Gasteiger partial charge in [0, 0.05) is 12.6 Å². The van der Waals surface area contributed by atoms with E-state index < -0.39 is 32.6 Å². The van der Waals surface area contributed by atoms with Gasteiger partial charge in [-0.3, -0.25) is 4.57 Å². The molecular formula is C11H15N4O6P. The van der Waals surface area contributed by atoms with Crippen molar-refractivity contribution in [3.05, 3.63) is 18.6 Å². The predicted molar refractivity (Wildman–Crippen MR) is 74.5 cm³/mol. The van der Waals surface area contributed by atoms with Crippen molar-refractivity contribution < 1.29 is 28.9 Å². The van der Waals surface area contributed by atoms with E-state index in [4.69, 9.17) is 25.0 Å². The number of ether oxygens (including phenoxy) is 2. The highest BCUT2D eigenvalue weighted by atomic mass is 31.2. The van der Waals surface area contributed by atoms with Gasteiger partial charge in [0.15, 0.2) is 18.9 Å². The molecule has 3 heterocycles. The molecular weight excluding hydrogens is 315 g/mol. The lowest BCUT2D eigenvalue weighted by Gasteiger charge is -2.17. The Morgan fingerprint density at radius 3 is 3.00 bits per heavy atom. The smallest absolute Gasteiger partial charge is 0.351 e. The first-order chi connectivity index (χ1) is 10.3. The van der Waals surface area contributed by atoms with Gasteiger partial charge < -0.3 is 34.7 Å². The van der Waals surface area contributed by atoms with Crippen molar-refractivity contribution in [2.45, 2.75) is 25.0 Å². The van der Waals surface area contributed by atoms with E-state index in [9.17, 15) is 9.67 Å². The van der Waals surface area contributed by atoms with Gasteiger partial charge in [0.2, 0.25) is 0 Å². The zero-order valence-corrected chi connectivity index (χ0v) is 12.2. The molecule has 2 aromatic heterocycles. The zero-order valence-electron chi connectivity index (χ0n) is 11.3. The molecule has 1 fully saturated rings. The molecule has 3 atom stereocenters. The Morgan fingerprint density at radius 1 is 1.50 bits per heavy atom. The highest BCUT2D eigenvalue weighted by Crippen LogP contribution is 2.38. The van der Waals surface area contributed by atoms with E-state index in [1.165, 1.54) is 6.33 Å². The first-order valence-corrected chi connectivity index (χ1v) is 8.21. The molecule has 120 valence electrons. The van der Waals surface area contributed by atoms with Crippen molar-refractivity contribution in [1.29, 1.82) is 0 Å². The van der Waals surface area contributed by atoms with Crippen molar-refractivity contribution in [2.75, 3.05) is 12.1 Å². The number of nitrogens with zero attached hydrogens (tertiary/aromatic N) is 3. The Morgan fingerprint density at radius 2 is 2.27 bits per heavy atom. The van der Waals surface area contributed by atoms with Gasteiger partial charge >= 0.3 is 7.60 Å². The van der Waals surface area contributed by atoms with Crippen LogP contribution in [0, 0.1) is 0 Å². The van der Waals surface area contributed by atoms with Crippen molar-refractivity contribution >= 4 is 24.4 Å². The summed E-state index contributed by atoms with van der Waals surface area (Å²) in [5, 5.41) is 10.7. The van der Waals surface area contributed by atoms with Gasteiger partial charge in [-0.05, 0) is 6.07 Å². The van der Waals surface area contributed by atoms with Crippen LogP contribution in [-0.2, 0) is 14.0 Å². The van der Waals surface area contributed by atoms with Gasteiger partial charge in [0.25, 0.3) is 0 Å². The molecule has 1 aliphatic heterocycles. The third kappa shape index (κ3) is 2.98. The van der Waals surface area contributed by atoms with Gasteiger partial charge in [0.1, 0.15) is 23.9 Å². The number of anilines is 1. The summed E-state index contributed by atoms with van der Waals surface area (Å²) >= 11 is 0. The van der Waals surface area contributed by atoms with E-state index in [1.807, 2.05) is 0 Å². The summed E-state index contributed by atoms with van der Waals surface area (Å²) in [7, 11) is -4.29. The van der Waals surface area contributed by atoms with Crippen LogP contribution in [0.2, 0.25) is 0 Å². The molecule has 3 rings (SSSR count). The summed E-state index contributed by atoms with van der Waals surface area (Å²) in [6, 6.07) is 1.70. The average Bonchev–Trinajstić information content (AvgIpc) is 3.00. The number of hydrogen-bond acceptors (Lipinski definition) is 7. The maximum atomic E-state index is 10.8. The molecule has 0 spiro atoms. The van der Waals surface area contributed by atoms with Crippen LogP contribution in [0.4, 0.5) is 5.82 Å². The van der Waals surface area contributed by atoms with Gasteiger partial charge in [0.05, 0.1) is 5.39 Å². The Balaban J connectivity index is 1.80.